The van der Waals surface area contributed by atoms with Crippen molar-refractivity contribution < 1.29 is 18.5 Å². The second kappa shape index (κ2) is 9.55. The van der Waals surface area contributed by atoms with Gasteiger partial charge in [0.05, 0.1) is 7.05 Å². The van der Waals surface area contributed by atoms with Crippen molar-refractivity contribution in [2.24, 2.45) is 24.8 Å². The van der Waals surface area contributed by atoms with E-state index in [9.17, 15) is 9.18 Å². The van der Waals surface area contributed by atoms with Crippen LogP contribution in [0.25, 0.3) is 11.0 Å². The molecule has 1 fully saturated rings. The van der Waals surface area contributed by atoms with E-state index in [0.29, 0.717) is 17.8 Å². The fraction of sp³-hybridized carbons (Fsp3) is 0.636. The average molecular weight is 503 g/mol. The molecule has 1 aliphatic rings. The van der Waals surface area contributed by atoms with Crippen molar-refractivity contribution in [2.45, 2.75) is 66.0 Å². The number of carbonyl (C=O) groups is 1. The molecule has 3 atom stereocenters. The summed E-state index contributed by atoms with van der Waals surface area (Å²) in [6, 6.07) is 4.71. The van der Waals surface area contributed by atoms with Crippen LogP contribution < -0.4 is 4.57 Å². The summed E-state index contributed by atoms with van der Waals surface area (Å²) in [4.78, 5) is 12.8. The van der Waals surface area contributed by atoms with Crippen LogP contribution >= 0.6 is 24.0 Å². The summed E-state index contributed by atoms with van der Waals surface area (Å²) in [6.45, 7) is 8.88. The number of rotatable bonds is 5. The Balaban J connectivity index is 0.00000280. The van der Waals surface area contributed by atoms with Gasteiger partial charge in [0.2, 0.25) is 0 Å². The maximum Gasteiger partial charge on any atom is 0.348 e. The van der Waals surface area contributed by atoms with Crippen molar-refractivity contribution in [2.75, 3.05) is 0 Å². The molecule has 0 radical (unpaired) electrons. The standard InChI is InChI=1S/C22H32FN2O2.HI/c1-6-21-24(5)19-12-16(23)8-10-18(19)25(21)13-22(26)27-20-11-15(4)7-9-17(20)14(2)3;/h8,10,12,14-15,17,20H,6-7,9,11,13H2,1-5H3;1H/q+1;/t15-,17+,20?;/m1./s1. The molecule has 6 heteroatoms. The molecule has 0 N–H and O–H groups in total. The van der Waals surface area contributed by atoms with E-state index in [2.05, 4.69) is 20.8 Å². The molecule has 1 aromatic carbocycles. The zero-order chi connectivity index (χ0) is 19.7. The maximum atomic E-state index is 13.7. The molecule has 2 aromatic rings. The Kier molecular flexibility index (Phi) is 7.88. The number of imidazole rings is 1. The largest absolute Gasteiger partial charge is 0.459 e. The molecule has 3 rings (SSSR count). The number of benzene rings is 1. The Morgan fingerprint density at radius 2 is 2.07 bits per heavy atom. The van der Waals surface area contributed by atoms with E-state index in [1.54, 1.807) is 6.07 Å². The molecular weight excluding hydrogens is 470 g/mol. The van der Waals surface area contributed by atoms with Gasteiger partial charge in [-0.3, -0.25) is 0 Å². The molecule has 28 heavy (non-hydrogen) atoms. The Bertz CT molecular complexity index is 834. The molecule has 0 spiro atoms. The van der Waals surface area contributed by atoms with Crippen molar-refractivity contribution in [3.05, 3.63) is 29.8 Å². The van der Waals surface area contributed by atoms with Crippen molar-refractivity contribution in [1.82, 2.24) is 4.57 Å². The lowest BCUT2D eigenvalue weighted by atomic mass is 9.75. The van der Waals surface area contributed by atoms with E-state index in [1.165, 1.54) is 18.6 Å². The van der Waals surface area contributed by atoms with Gasteiger partial charge >= 0.3 is 5.97 Å². The lowest BCUT2D eigenvalue weighted by Crippen LogP contribution is -2.44. The monoisotopic (exact) mass is 503 g/mol. The van der Waals surface area contributed by atoms with E-state index in [0.717, 1.165) is 36.1 Å². The molecule has 0 aliphatic heterocycles. The average Bonchev–Trinajstić information content (AvgIpc) is 2.85. The normalized spacial score (nSPS) is 22.3. The van der Waals surface area contributed by atoms with Crippen LogP contribution in [0.2, 0.25) is 0 Å². The van der Waals surface area contributed by atoms with E-state index in [1.807, 2.05) is 23.1 Å². The van der Waals surface area contributed by atoms with Gasteiger partial charge in [0.15, 0.2) is 17.6 Å². The number of esters is 1. The first-order valence-electron chi connectivity index (χ1n) is 10.2. The molecule has 156 valence electrons. The zero-order valence-electron chi connectivity index (χ0n) is 17.6. The number of fused-ring (bicyclic) bond motifs is 1. The van der Waals surface area contributed by atoms with Gasteiger partial charge in [-0.15, -0.1) is 24.0 Å². The number of ether oxygens (including phenoxy) is 1. The summed E-state index contributed by atoms with van der Waals surface area (Å²) in [5.41, 5.74) is 1.66. The van der Waals surface area contributed by atoms with Gasteiger partial charge in [-0.05, 0) is 42.7 Å². The molecule has 1 saturated carbocycles. The van der Waals surface area contributed by atoms with Crippen LogP contribution in [0.5, 0.6) is 0 Å². The molecule has 0 amide bonds. The van der Waals surface area contributed by atoms with Gasteiger partial charge < -0.3 is 4.74 Å². The summed E-state index contributed by atoms with van der Waals surface area (Å²) in [5.74, 6) is 2.06. The molecule has 1 aliphatic carbocycles. The zero-order valence-corrected chi connectivity index (χ0v) is 19.9. The molecule has 0 bridgehead atoms. The van der Waals surface area contributed by atoms with Crippen molar-refractivity contribution in [3.63, 3.8) is 0 Å². The third kappa shape index (κ3) is 4.69. The highest BCUT2D eigenvalue weighted by Crippen LogP contribution is 2.35. The maximum absolute atomic E-state index is 13.7. The van der Waals surface area contributed by atoms with Gasteiger partial charge in [0, 0.05) is 12.5 Å². The van der Waals surface area contributed by atoms with Crippen LogP contribution in [0.3, 0.4) is 0 Å². The number of halogens is 2. The minimum Gasteiger partial charge on any atom is -0.459 e. The summed E-state index contributed by atoms with van der Waals surface area (Å²) in [7, 11) is 1.92. The van der Waals surface area contributed by atoms with Crippen LogP contribution in [0.15, 0.2) is 18.2 Å². The third-order valence-corrected chi connectivity index (χ3v) is 6.14. The highest BCUT2D eigenvalue weighted by Gasteiger charge is 2.34. The van der Waals surface area contributed by atoms with Crippen LogP contribution in [-0.2, 0) is 29.5 Å². The molecule has 0 saturated heterocycles. The SMILES string of the molecule is CCc1n(C)c2cc(F)ccc2[n+]1CC(=O)OC1C[C@H](C)CC[C@H]1C(C)C.I. The second-order valence-electron chi connectivity index (χ2n) is 8.40. The van der Waals surface area contributed by atoms with Gasteiger partial charge in [-0.1, -0.05) is 34.1 Å². The minimum atomic E-state index is -0.267. The predicted octanol–water partition coefficient (Wildman–Crippen LogP) is 4.79. The van der Waals surface area contributed by atoms with Gasteiger partial charge in [0.25, 0.3) is 5.82 Å². The topological polar surface area (TPSA) is 35.1 Å². The quantitative estimate of drug-likeness (QED) is 0.334. The highest BCUT2D eigenvalue weighted by molar-refractivity contribution is 14.0. The first-order valence-corrected chi connectivity index (χ1v) is 10.2. The molecule has 4 nitrogen and oxygen atoms in total. The summed E-state index contributed by atoms with van der Waals surface area (Å²) >= 11 is 0. The summed E-state index contributed by atoms with van der Waals surface area (Å²) < 4.78 is 23.6. The van der Waals surface area contributed by atoms with E-state index < -0.39 is 0 Å². The third-order valence-electron chi connectivity index (χ3n) is 6.14. The van der Waals surface area contributed by atoms with Crippen LogP contribution in [0.1, 0.15) is 52.8 Å². The smallest absolute Gasteiger partial charge is 0.348 e. The van der Waals surface area contributed by atoms with Crippen LogP contribution in [0.4, 0.5) is 4.39 Å². The first kappa shape index (κ1) is 23.1. The number of aromatic nitrogens is 2. The highest BCUT2D eigenvalue weighted by atomic mass is 127. The van der Waals surface area contributed by atoms with Crippen LogP contribution in [-0.4, -0.2) is 16.6 Å². The van der Waals surface area contributed by atoms with Gasteiger partial charge in [-0.2, -0.15) is 0 Å². The minimum absolute atomic E-state index is 0. The van der Waals surface area contributed by atoms with Crippen LogP contribution in [0, 0.1) is 23.6 Å². The predicted molar refractivity (Wildman–Crippen MR) is 119 cm³/mol. The first-order chi connectivity index (χ1) is 12.8. The van der Waals surface area contributed by atoms with Gasteiger partial charge in [0.1, 0.15) is 11.9 Å². The van der Waals surface area contributed by atoms with Crippen molar-refractivity contribution in [1.29, 1.82) is 0 Å². The second-order valence-corrected chi connectivity index (χ2v) is 8.40. The van der Waals surface area contributed by atoms with E-state index in [-0.39, 0.29) is 48.4 Å². The fourth-order valence-electron chi connectivity index (χ4n) is 4.64. The number of hydrogen-bond acceptors (Lipinski definition) is 2. The van der Waals surface area contributed by atoms with Crippen molar-refractivity contribution >= 4 is 41.0 Å². The molecule has 1 heterocycles. The lowest BCUT2D eigenvalue weighted by Gasteiger charge is -2.36. The van der Waals surface area contributed by atoms with E-state index in [4.69, 9.17) is 4.74 Å². The summed E-state index contributed by atoms with van der Waals surface area (Å²) in [5, 5.41) is 0. The van der Waals surface area contributed by atoms with Crippen molar-refractivity contribution in [3.8, 4) is 0 Å². The lowest BCUT2D eigenvalue weighted by molar-refractivity contribution is -0.668. The molecular formula is C22H33FIN2O2+. The summed E-state index contributed by atoms with van der Waals surface area (Å²) in [6.07, 6.45) is 4.04. The Morgan fingerprint density at radius 1 is 1.36 bits per heavy atom. The number of hydrogen-bond donors (Lipinski definition) is 0. The Morgan fingerprint density at radius 3 is 2.71 bits per heavy atom. The fourth-order valence-corrected chi connectivity index (χ4v) is 4.64. The number of nitrogens with zero attached hydrogens (tertiary/aromatic N) is 2. The molecule has 1 aromatic heterocycles. The molecule has 1 unspecified atom stereocenters. The van der Waals surface area contributed by atoms with Gasteiger partial charge in [-0.25, -0.2) is 18.3 Å². The van der Waals surface area contributed by atoms with E-state index >= 15 is 0 Å². The Hall–Kier alpha value is -1.18. The number of carbonyl (C=O) groups excluding carboxylic acids is 1. The Labute approximate surface area is 184 Å². The number of aryl methyl sites for hydroxylation is 1.